The van der Waals surface area contributed by atoms with E-state index in [0.717, 1.165) is 41.2 Å². The molecule has 7 nitrogen and oxygen atoms in total. The van der Waals surface area contributed by atoms with Gasteiger partial charge in [0.2, 0.25) is 0 Å². The summed E-state index contributed by atoms with van der Waals surface area (Å²) in [5, 5.41) is 4.76. The molecule has 1 saturated heterocycles. The van der Waals surface area contributed by atoms with Crippen LogP contribution in [0.5, 0.6) is 11.5 Å². The van der Waals surface area contributed by atoms with Crippen molar-refractivity contribution >= 4 is 11.6 Å². The molecule has 0 bridgehead atoms. The van der Waals surface area contributed by atoms with Crippen molar-refractivity contribution in [1.82, 2.24) is 19.5 Å². The van der Waals surface area contributed by atoms with Crippen LogP contribution in [0.25, 0.3) is 16.8 Å². The second-order valence-electron chi connectivity index (χ2n) is 8.18. The Balaban J connectivity index is 1.22. The summed E-state index contributed by atoms with van der Waals surface area (Å²) < 4.78 is 12.8. The third kappa shape index (κ3) is 4.67. The molecular formula is C26H26N4O3. The predicted octanol–water partition coefficient (Wildman–Crippen LogP) is 4.19. The van der Waals surface area contributed by atoms with Crippen LogP contribution in [0.1, 0.15) is 24.6 Å². The lowest BCUT2D eigenvalue weighted by atomic mass is 9.96. The maximum absolute atomic E-state index is 12.5. The number of fused-ring (bicyclic) bond motifs is 1. The highest BCUT2D eigenvalue weighted by Crippen LogP contribution is 2.28. The molecule has 7 heteroatoms. The molecular weight excluding hydrogens is 416 g/mol. The second-order valence-corrected chi connectivity index (χ2v) is 8.18. The number of ether oxygens (including phenoxy) is 2. The molecule has 0 N–H and O–H groups in total. The molecule has 168 valence electrons. The Bertz CT molecular complexity index is 1250. The van der Waals surface area contributed by atoms with Gasteiger partial charge >= 0.3 is 0 Å². The van der Waals surface area contributed by atoms with E-state index in [4.69, 9.17) is 19.6 Å². The molecule has 0 unspecified atom stereocenters. The Labute approximate surface area is 192 Å². The number of hydrogen-bond acceptors (Lipinski definition) is 5. The van der Waals surface area contributed by atoms with Gasteiger partial charge < -0.3 is 14.4 Å². The van der Waals surface area contributed by atoms with Crippen LogP contribution in [-0.2, 0) is 4.79 Å². The average Bonchev–Trinajstić information content (AvgIpc) is 3.31. The van der Waals surface area contributed by atoms with Gasteiger partial charge in [-0.3, -0.25) is 4.79 Å². The maximum Gasteiger partial charge on any atom is 0.260 e. The van der Waals surface area contributed by atoms with Crippen LogP contribution in [0.4, 0.5) is 0 Å². The summed E-state index contributed by atoms with van der Waals surface area (Å²) in [4.78, 5) is 19.2. The number of benzene rings is 2. The summed E-state index contributed by atoms with van der Waals surface area (Å²) in [7, 11) is 1.67. The Morgan fingerprint density at radius 1 is 0.970 bits per heavy atom. The van der Waals surface area contributed by atoms with Crippen molar-refractivity contribution < 1.29 is 14.3 Å². The topological polar surface area (TPSA) is 69.0 Å². The number of carbonyl (C=O) groups is 1. The number of nitrogens with zero attached hydrogens (tertiary/aromatic N) is 4. The van der Waals surface area contributed by atoms with E-state index in [1.165, 1.54) is 0 Å². The molecule has 2 aromatic carbocycles. The van der Waals surface area contributed by atoms with E-state index in [2.05, 4.69) is 12.1 Å². The summed E-state index contributed by atoms with van der Waals surface area (Å²) in [6, 6.07) is 21.4. The summed E-state index contributed by atoms with van der Waals surface area (Å²) in [6.07, 6.45) is 3.69. The molecule has 0 saturated carbocycles. The summed E-state index contributed by atoms with van der Waals surface area (Å²) >= 11 is 0. The van der Waals surface area contributed by atoms with Crippen molar-refractivity contribution in [1.29, 1.82) is 0 Å². The molecule has 0 atom stereocenters. The molecule has 0 aliphatic carbocycles. The third-order valence-corrected chi connectivity index (χ3v) is 6.07. The van der Waals surface area contributed by atoms with E-state index in [1.807, 2.05) is 70.2 Å². The van der Waals surface area contributed by atoms with Gasteiger partial charge in [0.25, 0.3) is 5.91 Å². The lowest BCUT2D eigenvalue weighted by Crippen LogP contribution is -2.40. The molecule has 1 aliphatic heterocycles. The quantitative estimate of drug-likeness (QED) is 0.448. The summed E-state index contributed by atoms with van der Waals surface area (Å²) in [5.74, 6) is 2.63. The van der Waals surface area contributed by atoms with E-state index < -0.39 is 0 Å². The molecule has 2 aromatic heterocycles. The number of pyridine rings is 1. The first-order valence-electron chi connectivity index (χ1n) is 11.2. The minimum absolute atomic E-state index is 0.0168. The molecule has 0 radical (unpaired) electrons. The van der Waals surface area contributed by atoms with Gasteiger partial charge in [-0.15, -0.1) is 0 Å². The van der Waals surface area contributed by atoms with Crippen molar-refractivity contribution in [2.45, 2.75) is 18.8 Å². The highest BCUT2D eigenvalue weighted by Gasteiger charge is 2.26. The minimum atomic E-state index is 0.0168. The highest BCUT2D eigenvalue weighted by atomic mass is 16.5. The zero-order valence-electron chi connectivity index (χ0n) is 18.6. The number of methoxy groups -OCH3 is 1. The smallest absolute Gasteiger partial charge is 0.260 e. The number of rotatable bonds is 6. The Kier molecular flexibility index (Phi) is 5.93. The molecule has 1 amide bonds. The summed E-state index contributed by atoms with van der Waals surface area (Å²) in [6.45, 7) is 1.44. The van der Waals surface area contributed by atoms with Gasteiger partial charge in [-0.1, -0.05) is 30.3 Å². The van der Waals surface area contributed by atoms with E-state index in [-0.39, 0.29) is 18.4 Å². The van der Waals surface area contributed by atoms with Gasteiger partial charge in [-0.05, 0) is 54.8 Å². The monoisotopic (exact) mass is 442 g/mol. The van der Waals surface area contributed by atoms with Crippen LogP contribution in [0.3, 0.4) is 0 Å². The van der Waals surface area contributed by atoms with E-state index in [9.17, 15) is 4.79 Å². The van der Waals surface area contributed by atoms with Crippen LogP contribution in [0, 0.1) is 0 Å². The van der Waals surface area contributed by atoms with Crippen LogP contribution < -0.4 is 9.47 Å². The number of amides is 1. The van der Waals surface area contributed by atoms with Crippen LogP contribution in [-0.4, -0.2) is 52.2 Å². The molecule has 4 aromatic rings. The second kappa shape index (κ2) is 9.32. The van der Waals surface area contributed by atoms with Crippen molar-refractivity contribution in [2.75, 3.05) is 26.8 Å². The molecule has 33 heavy (non-hydrogen) atoms. The van der Waals surface area contributed by atoms with Crippen molar-refractivity contribution in [2.24, 2.45) is 0 Å². The third-order valence-electron chi connectivity index (χ3n) is 6.07. The molecule has 3 heterocycles. The van der Waals surface area contributed by atoms with Gasteiger partial charge in [0, 0.05) is 30.8 Å². The number of carbonyl (C=O) groups excluding carboxylic acids is 1. The van der Waals surface area contributed by atoms with Crippen molar-refractivity contribution in [3.05, 3.63) is 78.8 Å². The standard InChI is InChI=1S/C26H26N4O3/c1-32-23-9-5-6-20(16-23)21-10-11-24-27-26(28-30(24)17-21)19-12-14-29(15-13-19)25(31)18-33-22-7-3-2-4-8-22/h2-11,16-17,19H,12-15,18H2,1H3. The molecule has 1 aliphatic rings. The maximum atomic E-state index is 12.5. The molecule has 0 spiro atoms. The minimum Gasteiger partial charge on any atom is -0.497 e. The fraction of sp³-hybridized carbons (Fsp3) is 0.269. The zero-order valence-corrected chi connectivity index (χ0v) is 18.6. The normalized spacial score (nSPS) is 14.4. The average molecular weight is 443 g/mol. The Morgan fingerprint density at radius 3 is 2.55 bits per heavy atom. The Hall–Kier alpha value is -3.87. The largest absolute Gasteiger partial charge is 0.497 e. The first-order chi connectivity index (χ1) is 16.2. The summed E-state index contributed by atoms with van der Waals surface area (Å²) in [5.41, 5.74) is 2.95. The van der Waals surface area contributed by atoms with E-state index in [1.54, 1.807) is 7.11 Å². The number of hydrogen-bond donors (Lipinski definition) is 0. The zero-order chi connectivity index (χ0) is 22.6. The van der Waals surface area contributed by atoms with E-state index in [0.29, 0.717) is 18.8 Å². The lowest BCUT2D eigenvalue weighted by molar-refractivity contribution is -0.134. The van der Waals surface area contributed by atoms with Gasteiger partial charge in [0.1, 0.15) is 11.5 Å². The van der Waals surface area contributed by atoms with Crippen molar-refractivity contribution in [3.8, 4) is 22.6 Å². The number of aromatic nitrogens is 3. The first-order valence-corrected chi connectivity index (χ1v) is 11.2. The Morgan fingerprint density at radius 2 is 1.76 bits per heavy atom. The van der Waals surface area contributed by atoms with Crippen molar-refractivity contribution in [3.63, 3.8) is 0 Å². The van der Waals surface area contributed by atoms with E-state index >= 15 is 0 Å². The highest BCUT2D eigenvalue weighted by molar-refractivity contribution is 5.77. The van der Waals surface area contributed by atoms with Gasteiger partial charge in [-0.25, -0.2) is 9.50 Å². The molecule has 1 fully saturated rings. The number of piperidine rings is 1. The lowest BCUT2D eigenvalue weighted by Gasteiger charge is -2.30. The van der Waals surface area contributed by atoms with Crippen LogP contribution in [0.15, 0.2) is 72.9 Å². The first kappa shape index (κ1) is 21.0. The van der Waals surface area contributed by atoms with Crippen LogP contribution in [0.2, 0.25) is 0 Å². The fourth-order valence-corrected chi connectivity index (χ4v) is 4.19. The van der Waals surface area contributed by atoms with Gasteiger partial charge in [0.15, 0.2) is 18.1 Å². The van der Waals surface area contributed by atoms with Gasteiger partial charge in [-0.2, -0.15) is 5.10 Å². The fourth-order valence-electron chi connectivity index (χ4n) is 4.19. The van der Waals surface area contributed by atoms with Crippen LogP contribution >= 0.6 is 0 Å². The number of likely N-dealkylation sites (tertiary alicyclic amines) is 1. The molecule has 5 rings (SSSR count). The predicted molar refractivity (Wildman–Crippen MR) is 125 cm³/mol. The SMILES string of the molecule is COc1cccc(-c2ccc3nc(C4CCN(C(=O)COc5ccccc5)CC4)nn3c2)c1. The number of para-hydroxylation sites is 1. The van der Waals surface area contributed by atoms with Gasteiger partial charge in [0.05, 0.1) is 7.11 Å².